The molecule has 0 amide bonds. The van der Waals surface area contributed by atoms with Gasteiger partial charge in [0.05, 0.1) is 0 Å². The third kappa shape index (κ3) is 4.42. The van der Waals surface area contributed by atoms with E-state index in [0.29, 0.717) is 5.92 Å². The quantitative estimate of drug-likeness (QED) is 0.512. The Labute approximate surface area is 128 Å². The Kier molecular flexibility index (Phi) is 4.22. The molecule has 0 N–H and O–H groups in total. The second kappa shape index (κ2) is 5.63. The molecule has 0 radical (unpaired) electrons. The van der Waals surface area contributed by atoms with Crippen LogP contribution in [0.15, 0.2) is 71.7 Å². The van der Waals surface area contributed by atoms with Crippen LogP contribution in [0.2, 0.25) is 0 Å². The van der Waals surface area contributed by atoms with Gasteiger partial charge in [-0.25, -0.2) is 4.39 Å². The number of rotatable bonds is 1. The normalized spacial score (nSPS) is 31.1. The molecule has 1 atom stereocenters. The molecule has 0 saturated carbocycles. The first-order valence-corrected chi connectivity index (χ1v) is 7.57. The molecule has 0 spiro atoms. The van der Waals surface area contributed by atoms with E-state index in [0.717, 1.165) is 11.1 Å². The van der Waals surface area contributed by atoms with Crippen LogP contribution in [0.1, 0.15) is 34.6 Å². The Morgan fingerprint density at radius 1 is 0.810 bits per heavy atom. The van der Waals surface area contributed by atoms with Gasteiger partial charge in [0, 0.05) is 10.8 Å². The summed E-state index contributed by atoms with van der Waals surface area (Å²) in [5.41, 5.74) is 1.94. The minimum Gasteiger partial charge on any atom is -0.207 e. The highest BCUT2D eigenvalue weighted by atomic mass is 19.1. The fraction of sp³-hybridized carbons (Fsp3) is 0.400. The van der Waals surface area contributed by atoms with Gasteiger partial charge in [-0.15, -0.1) is 0 Å². The van der Waals surface area contributed by atoms with Crippen LogP contribution in [0.4, 0.5) is 4.39 Å². The van der Waals surface area contributed by atoms with Crippen LogP contribution in [0, 0.1) is 16.7 Å². The summed E-state index contributed by atoms with van der Waals surface area (Å²) in [6.45, 7) is 10.6. The molecule has 2 aliphatic carbocycles. The van der Waals surface area contributed by atoms with Crippen molar-refractivity contribution in [3.63, 3.8) is 0 Å². The lowest BCUT2D eigenvalue weighted by Gasteiger charge is -2.22. The van der Waals surface area contributed by atoms with Crippen molar-refractivity contribution >= 4 is 0 Å². The van der Waals surface area contributed by atoms with Gasteiger partial charge in [0.25, 0.3) is 0 Å². The Hall–Kier alpha value is -1.63. The number of halogens is 1. The summed E-state index contributed by atoms with van der Waals surface area (Å²) in [7, 11) is 0. The molecule has 0 aromatic carbocycles. The molecular weight excluding hydrogens is 259 g/mol. The third-order valence-electron chi connectivity index (χ3n) is 3.73. The second-order valence-corrected chi connectivity index (χ2v) is 7.28. The molecule has 0 unspecified atom stereocenters. The van der Waals surface area contributed by atoms with Gasteiger partial charge in [-0.05, 0) is 29.2 Å². The first-order chi connectivity index (χ1) is 9.67. The van der Waals surface area contributed by atoms with Crippen molar-refractivity contribution in [3.8, 4) is 0 Å². The number of allylic oxidation sites excluding steroid dienone is 12. The molecule has 2 aliphatic rings. The predicted octanol–water partition coefficient (Wildman–Crippen LogP) is 6.08. The zero-order valence-electron chi connectivity index (χ0n) is 13.7. The van der Waals surface area contributed by atoms with E-state index in [1.165, 1.54) is 0 Å². The molecule has 1 heteroatoms. The van der Waals surface area contributed by atoms with Crippen molar-refractivity contribution in [3.05, 3.63) is 71.7 Å². The molecule has 0 nitrogen and oxygen atoms in total. The van der Waals surface area contributed by atoms with E-state index in [1.807, 2.05) is 19.9 Å². The monoisotopic (exact) mass is 284 g/mol. The molecule has 112 valence electrons. The van der Waals surface area contributed by atoms with Crippen molar-refractivity contribution in [2.24, 2.45) is 16.7 Å². The van der Waals surface area contributed by atoms with Crippen LogP contribution in [0.25, 0.3) is 0 Å². The summed E-state index contributed by atoms with van der Waals surface area (Å²) >= 11 is 0. The molecule has 0 saturated heterocycles. The fourth-order valence-corrected chi connectivity index (χ4v) is 2.64. The van der Waals surface area contributed by atoms with Gasteiger partial charge in [0.1, 0.15) is 5.83 Å². The molecular formula is C20H25F. The Bertz CT molecular complexity index is 589. The SMILES string of the molecule is C[C@@H]1C=CC(C)(C)/C=C(C2=CC(C)(C)C=C(F)C=C2)\C=C/1. The summed E-state index contributed by atoms with van der Waals surface area (Å²) < 4.78 is 13.7. The molecule has 0 aromatic rings. The Balaban J connectivity index is 2.49. The molecule has 2 rings (SSSR count). The molecule has 0 fully saturated rings. The van der Waals surface area contributed by atoms with Gasteiger partial charge >= 0.3 is 0 Å². The average molecular weight is 284 g/mol. The van der Waals surface area contributed by atoms with E-state index in [9.17, 15) is 4.39 Å². The van der Waals surface area contributed by atoms with Crippen LogP contribution >= 0.6 is 0 Å². The maximum atomic E-state index is 13.7. The maximum absolute atomic E-state index is 13.7. The first kappa shape index (κ1) is 15.8. The van der Waals surface area contributed by atoms with Crippen LogP contribution in [-0.4, -0.2) is 0 Å². The minimum absolute atomic E-state index is 0.00848. The molecule has 0 aliphatic heterocycles. The number of hydrogen-bond acceptors (Lipinski definition) is 0. The zero-order valence-corrected chi connectivity index (χ0v) is 13.7. The van der Waals surface area contributed by atoms with Crippen LogP contribution in [0.3, 0.4) is 0 Å². The van der Waals surface area contributed by atoms with Crippen molar-refractivity contribution in [2.45, 2.75) is 34.6 Å². The van der Waals surface area contributed by atoms with E-state index in [2.05, 4.69) is 57.2 Å². The molecule has 0 heterocycles. The predicted molar refractivity (Wildman–Crippen MR) is 89.5 cm³/mol. The van der Waals surface area contributed by atoms with E-state index in [-0.39, 0.29) is 16.7 Å². The van der Waals surface area contributed by atoms with E-state index in [4.69, 9.17) is 0 Å². The van der Waals surface area contributed by atoms with Crippen molar-refractivity contribution < 1.29 is 4.39 Å². The van der Waals surface area contributed by atoms with Gasteiger partial charge in [-0.3, -0.25) is 0 Å². The lowest BCUT2D eigenvalue weighted by molar-refractivity contribution is 0.579. The standard InChI is InChI=1S/C20H25F/c1-15-6-7-16(12-19(2,3)11-10-15)17-8-9-18(21)14-20(4,5)13-17/h6-15H,1-5H3/b7-6-,11-10?,16-12+/t15-/m0/s1. The zero-order chi connectivity index (χ0) is 15.7. The minimum atomic E-state index is -0.286. The van der Waals surface area contributed by atoms with E-state index in [1.54, 1.807) is 12.2 Å². The fourth-order valence-electron chi connectivity index (χ4n) is 2.64. The van der Waals surface area contributed by atoms with Crippen LogP contribution < -0.4 is 0 Å². The molecule has 0 bridgehead atoms. The maximum Gasteiger partial charge on any atom is 0.120 e. The van der Waals surface area contributed by atoms with Gasteiger partial charge in [0.15, 0.2) is 0 Å². The lowest BCUT2D eigenvalue weighted by Crippen LogP contribution is -2.08. The summed E-state index contributed by atoms with van der Waals surface area (Å²) in [6, 6.07) is 0. The Morgan fingerprint density at radius 2 is 1.43 bits per heavy atom. The van der Waals surface area contributed by atoms with Crippen molar-refractivity contribution in [1.82, 2.24) is 0 Å². The largest absolute Gasteiger partial charge is 0.207 e. The smallest absolute Gasteiger partial charge is 0.120 e. The van der Waals surface area contributed by atoms with E-state index < -0.39 is 0 Å². The summed E-state index contributed by atoms with van der Waals surface area (Å²) in [5, 5.41) is 0. The topological polar surface area (TPSA) is 0 Å². The molecule has 0 aromatic heterocycles. The highest BCUT2D eigenvalue weighted by molar-refractivity contribution is 5.51. The van der Waals surface area contributed by atoms with Gasteiger partial charge in [-0.2, -0.15) is 0 Å². The van der Waals surface area contributed by atoms with Crippen LogP contribution in [0.5, 0.6) is 0 Å². The van der Waals surface area contributed by atoms with Gasteiger partial charge in [0.2, 0.25) is 0 Å². The lowest BCUT2D eigenvalue weighted by atomic mass is 9.83. The third-order valence-corrected chi connectivity index (χ3v) is 3.73. The van der Waals surface area contributed by atoms with Gasteiger partial charge in [-0.1, -0.05) is 77.2 Å². The highest BCUT2D eigenvalue weighted by Crippen LogP contribution is 2.33. The summed E-state index contributed by atoms with van der Waals surface area (Å²) in [6.07, 6.45) is 18.3. The van der Waals surface area contributed by atoms with Gasteiger partial charge < -0.3 is 0 Å². The molecule has 21 heavy (non-hydrogen) atoms. The number of hydrogen-bond donors (Lipinski definition) is 0. The van der Waals surface area contributed by atoms with Crippen LogP contribution in [-0.2, 0) is 0 Å². The highest BCUT2D eigenvalue weighted by Gasteiger charge is 2.19. The van der Waals surface area contributed by atoms with E-state index >= 15 is 0 Å². The average Bonchev–Trinajstić information content (AvgIpc) is 2.48. The van der Waals surface area contributed by atoms with Crippen molar-refractivity contribution in [2.75, 3.05) is 0 Å². The van der Waals surface area contributed by atoms with Crippen molar-refractivity contribution in [1.29, 1.82) is 0 Å². The summed E-state index contributed by atoms with van der Waals surface area (Å²) in [5.74, 6) is 0.236. The second-order valence-electron chi connectivity index (χ2n) is 7.28. The Morgan fingerprint density at radius 3 is 2.14 bits per heavy atom. The summed E-state index contributed by atoms with van der Waals surface area (Å²) in [4.78, 5) is 0. The first-order valence-electron chi connectivity index (χ1n) is 7.57.